The zero-order valence-corrected chi connectivity index (χ0v) is 25.1. The van der Waals surface area contributed by atoms with Gasteiger partial charge in [0.1, 0.15) is 17.2 Å². The lowest BCUT2D eigenvalue weighted by Crippen LogP contribution is -2.27. The third kappa shape index (κ3) is 5.78. The van der Waals surface area contributed by atoms with Crippen molar-refractivity contribution in [3.8, 4) is 22.3 Å². The molecule has 0 bridgehead atoms. The highest BCUT2D eigenvalue weighted by Gasteiger charge is 2.20. The lowest BCUT2D eigenvalue weighted by Gasteiger charge is -2.23. The third-order valence-corrected chi connectivity index (χ3v) is 8.30. The van der Waals surface area contributed by atoms with E-state index in [1.54, 1.807) is 54.3 Å². The van der Waals surface area contributed by atoms with Crippen molar-refractivity contribution in [2.24, 2.45) is 0 Å². The predicted octanol–water partition coefficient (Wildman–Crippen LogP) is 5.90. The normalized spacial score (nSPS) is 13.6. The van der Waals surface area contributed by atoms with Gasteiger partial charge in [0.05, 0.1) is 0 Å². The number of aromatic nitrogens is 4. The Morgan fingerprint density at radius 1 is 1.05 bits per heavy atom. The molecule has 2 aromatic carbocycles. The van der Waals surface area contributed by atoms with Gasteiger partial charge in [0.25, 0.3) is 11.5 Å². The SMILES string of the molecule is CCn1c(=O)c(-c2ccc(-c3ccnc(C(=O)NC)c3)cc2Cl)cc2cnc(Nc3ccc(C4CCNCC4)c(F)c3)nc21. The monoisotopic (exact) mass is 611 g/mol. The molecule has 0 spiro atoms. The van der Waals surface area contributed by atoms with Crippen LogP contribution < -0.4 is 21.5 Å². The van der Waals surface area contributed by atoms with Crippen LogP contribution in [0.15, 0.2) is 71.8 Å². The third-order valence-electron chi connectivity index (χ3n) is 7.99. The zero-order chi connectivity index (χ0) is 30.8. The van der Waals surface area contributed by atoms with E-state index in [0.717, 1.165) is 42.6 Å². The zero-order valence-electron chi connectivity index (χ0n) is 24.3. The van der Waals surface area contributed by atoms with Crippen molar-refractivity contribution in [2.45, 2.75) is 32.2 Å². The van der Waals surface area contributed by atoms with Gasteiger partial charge in [-0.05, 0) is 91.9 Å². The Morgan fingerprint density at radius 3 is 2.57 bits per heavy atom. The summed E-state index contributed by atoms with van der Waals surface area (Å²) in [6.07, 6.45) is 5.02. The van der Waals surface area contributed by atoms with E-state index < -0.39 is 0 Å². The van der Waals surface area contributed by atoms with E-state index in [2.05, 4.69) is 30.9 Å². The van der Waals surface area contributed by atoms with Gasteiger partial charge in [0, 0.05) is 53.2 Å². The number of hydrogen-bond acceptors (Lipinski definition) is 7. The molecule has 44 heavy (non-hydrogen) atoms. The Kier molecular flexibility index (Phi) is 8.36. The minimum absolute atomic E-state index is 0.206. The number of benzene rings is 2. The second-order valence-electron chi connectivity index (χ2n) is 10.7. The number of halogens is 2. The Hall–Kier alpha value is -4.67. The Morgan fingerprint density at radius 2 is 1.84 bits per heavy atom. The number of pyridine rings is 2. The second kappa shape index (κ2) is 12.5. The smallest absolute Gasteiger partial charge is 0.269 e. The lowest BCUT2D eigenvalue weighted by atomic mass is 9.90. The van der Waals surface area contributed by atoms with Crippen LogP contribution in [0.2, 0.25) is 5.02 Å². The number of fused-ring (bicyclic) bond motifs is 1. The molecule has 0 unspecified atom stereocenters. The van der Waals surface area contributed by atoms with Crippen molar-refractivity contribution in [1.29, 1.82) is 0 Å². The standard InChI is InChI=1S/C33H31ClFN7O2/c1-3-42-30-22(18-39-33(41-30)40-23-5-7-24(28(35)17-23)19-8-11-37-12-9-19)14-26(32(42)44)25-6-4-20(15-27(25)34)21-10-13-38-29(16-21)31(43)36-2/h4-7,10,13-19,37H,3,8-9,11-12H2,1-2H3,(H,36,43)(H,39,40,41). The molecule has 3 N–H and O–H groups in total. The van der Waals surface area contributed by atoms with Gasteiger partial charge in [0.15, 0.2) is 0 Å². The topological polar surface area (TPSA) is 114 Å². The number of nitrogens with zero attached hydrogens (tertiary/aromatic N) is 4. The van der Waals surface area contributed by atoms with Crippen LogP contribution in [0, 0.1) is 5.82 Å². The number of anilines is 2. The molecule has 1 fully saturated rings. The van der Waals surface area contributed by atoms with Crippen LogP contribution in [0.4, 0.5) is 16.0 Å². The van der Waals surface area contributed by atoms with E-state index in [1.165, 1.54) is 6.07 Å². The van der Waals surface area contributed by atoms with Crippen molar-refractivity contribution < 1.29 is 9.18 Å². The van der Waals surface area contributed by atoms with E-state index in [-0.39, 0.29) is 29.1 Å². The van der Waals surface area contributed by atoms with Crippen LogP contribution in [0.3, 0.4) is 0 Å². The van der Waals surface area contributed by atoms with Gasteiger partial charge in [0.2, 0.25) is 5.95 Å². The van der Waals surface area contributed by atoms with Crippen molar-refractivity contribution in [1.82, 2.24) is 30.2 Å². The number of rotatable bonds is 7. The largest absolute Gasteiger partial charge is 0.354 e. The molecule has 11 heteroatoms. The number of nitrogens with one attached hydrogen (secondary N) is 3. The molecule has 4 heterocycles. The van der Waals surface area contributed by atoms with Crippen molar-refractivity contribution in [2.75, 3.05) is 25.5 Å². The van der Waals surface area contributed by atoms with Crippen LogP contribution >= 0.6 is 11.6 Å². The molecule has 5 aromatic rings. The molecule has 1 aliphatic rings. The summed E-state index contributed by atoms with van der Waals surface area (Å²) < 4.78 is 16.6. The minimum Gasteiger partial charge on any atom is -0.354 e. The summed E-state index contributed by atoms with van der Waals surface area (Å²) in [7, 11) is 1.55. The molecule has 0 radical (unpaired) electrons. The van der Waals surface area contributed by atoms with Crippen molar-refractivity contribution in [3.63, 3.8) is 0 Å². The summed E-state index contributed by atoms with van der Waals surface area (Å²) in [5.74, 6) is -0.0741. The maximum atomic E-state index is 15.0. The summed E-state index contributed by atoms with van der Waals surface area (Å²) >= 11 is 6.73. The average molecular weight is 612 g/mol. The van der Waals surface area contributed by atoms with Crippen LogP contribution in [0.25, 0.3) is 33.3 Å². The molecule has 224 valence electrons. The summed E-state index contributed by atoms with van der Waals surface area (Å²) in [6, 6.07) is 15.7. The highest BCUT2D eigenvalue weighted by Crippen LogP contribution is 2.33. The number of piperidine rings is 1. The van der Waals surface area contributed by atoms with E-state index in [0.29, 0.717) is 45.1 Å². The number of aryl methyl sites for hydroxylation is 1. The predicted molar refractivity (Wildman–Crippen MR) is 171 cm³/mol. The van der Waals surface area contributed by atoms with Crippen LogP contribution in [0.1, 0.15) is 41.7 Å². The molecule has 0 aliphatic carbocycles. The maximum absolute atomic E-state index is 15.0. The molecule has 0 atom stereocenters. The Bertz CT molecular complexity index is 1940. The fraction of sp³-hybridized carbons (Fsp3) is 0.242. The second-order valence-corrected chi connectivity index (χ2v) is 11.1. The first-order valence-corrected chi connectivity index (χ1v) is 14.9. The molecular weight excluding hydrogens is 581 g/mol. The van der Waals surface area contributed by atoms with Crippen LogP contribution in [0.5, 0.6) is 0 Å². The number of carbonyl (C=O) groups is 1. The summed E-state index contributed by atoms with van der Waals surface area (Å²) in [4.78, 5) is 38.9. The average Bonchev–Trinajstić information content (AvgIpc) is 3.05. The molecule has 9 nitrogen and oxygen atoms in total. The highest BCUT2D eigenvalue weighted by atomic mass is 35.5. The molecule has 1 saturated heterocycles. The quantitative estimate of drug-likeness (QED) is 0.210. The molecule has 1 aliphatic heterocycles. The number of hydrogen-bond donors (Lipinski definition) is 3. The first kappa shape index (κ1) is 29.4. The fourth-order valence-electron chi connectivity index (χ4n) is 5.68. The van der Waals surface area contributed by atoms with Crippen LogP contribution in [-0.4, -0.2) is 45.6 Å². The highest BCUT2D eigenvalue weighted by molar-refractivity contribution is 6.33. The van der Waals surface area contributed by atoms with E-state index in [1.807, 2.05) is 25.1 Å². The molecule has 6 rings (SSSR count). The summed E-state index contributed by atoms with van der Waals surface area (Å²) in [5, 5.41) is 10.0. The van der Waals surface area contributed by atoms with Gasteiger partial charge in [-0.3, -0.25) is 19.1 Å². The van der Waals surface area contributed by atoms with E-state index in [4.69, 9.17) is 11.6 Å². The van der Waals surface area contributed by atoms with Gasteiger partial charge in [-0.2, -0.15) is 4.98 Å². The summed E-state index contributed by atoms with van der Waals surface area (Å²) in [5.41, 5.74) is 4.29. The van der Waals surface area contributed by atoms with Gasteiger partial charge in [-0.25, -0.2) is 9.37 Å². The number of carbonyl (C=O) groups excluding carboxylic acids is 1. The molecular formula is C33H31ClFN7O2. The van der Waals surface area contributed by atoms with Gasteiger partial charge >= 0.3 is 0 Å². The molecule has 0 saturated carbocycles. The minimum atomic E-state index is -0.288. The Labute approximate surface area is 258 Å². The van der Waals surface area contributed by atoms with Gasteiger partial charge < -0.3 is 16.0 Å². The maximum Gasteiger partial charge on any atom is 0.269 e. The number of amides is 1. The van der Waals surface area contributed by atoms with Crippen molar-refractivity contribution in [3.05, 3.63) is 99.4 Å². The fourth-order valence-corrected chi connectivity index (χ4v) is 5.96. The van der Waals surface area contributed by atoms with Gasteiger partial charge in [-0.15, -0.1) is 0 Å². The van der Waals surface area contributed by atoms with E-state index in [9.17, 15) is 9.59 Å². The first-order chi connectivity index (χ1) is 21.4. The molecule has 3 aromatic heterocycles. The van der Waals surface area contributed by atoms with Crippen LogP contribution in [-0.2, 0) is 6.54 Å². The molecule has 1 amide bonds. The first-order valence-electron chi connectivity index (χ1n) is 14.5. The van der Waals surface area contributed by atoms with Gasteiger partial charge in [-0.1, -0.05) is 29.8 Å². The Balaban J connectivity index is 1.30. The summed E-state index contributed by atoms with van der Waals surface area (Å²) in [6.45, 7) is 4.02. The van der Waals surface area contributed by atoms with Crippen molar-refractivity contribution >= 4 is 40.2 Å². The lowest BCUT2D eigenvalue weighted by molar-refractivity contribution is 0.0958. The van der Waals surface area contributed by atoms with E-state index >= 15 is 4.39 Å².